The molecule has 0 spiro atoms. The number of benzene rings is 1. The van der Waals surface area contributed by atoms with Crippen molar-refractivity contribution >= 4 is 10.0 Å². The van der Waals surface area contributed by atoms with Gasteiger partial charge in [-0.05, 0) is 34.9 Å². The molecule has 1 heterocycles. The fraction of sp³-hybridized carbons (Fsp3) is 0.304. The Hall–Kier alpha value is -2.75. The van der Waals surface area contributed by atoms with Crippen molar-refractivity contribution in [3.63, 3.8) is 0 Å². The number of rotatable bonds is 6. The first-order chi connectivity index (χ1) is 15.1. The molecular weight excluding hydrogens is 440 g/mol. The third-order valence-corrected chi connectivity index (χ3v) is 6.51. The highest BCUT2D eigenvalue weighted by atomic mass is 32.2. The van der Waals surface area contributed by atoms with Gasteiger partial charge in [-0.3, -0.25) is 0 Å². The van der Waals surface area contributed by atoms with Gasteiger partial charge in [0.15, 0.2) is 0 Å². The first-order valence-corrected chi connectivity index (χ1v) is 11.6. The molecule has 0 aromatic heterocycles. The SMILES string of the molecule is COc1cccc(C2OC3C=CC=C(OC(F)F)C3=C3C=CC(C)(CS(N)(=O)=O)C=C32)c1. The predicted molar refractivity (Wildman–Crippen MR) is 115 cm³/mol. The van der Waals surface area contributed by atoms with Gasteiger partial charge in [0, 0.05) is 11.0 Å². The van der Waals surface area contributed by atoms with Crippen molar-refractivity contribution in [3.8, 4) is 5.75 Å². The van der Waals surface area contributed by atoms with Gasteiger partial charge in [-0.15, -0.1) is 0 Å². The molecule has 9 heteroatoms. The van der Waals surface area contributed by atoms with E-state index in [1.54, 1.807) is 50.5 Å². The molecule has 1 aliphatic heterocycles. The lowest BCUT2D eigenvalue weighted by Crippen LogP contribution is -2.34. The van der Waals surface area contributed by atoms with Gasteiger partial charge in [0.1, 0.15) is 23.7 Å². The van der Waals surface area contributed by atoms with Crippen LogP contribution in [0.4, 0.5) is 8.78 Å². The van der Waals surface area contributed by atoms with Gasteiger partial charge in [0.25, 0.3) is 0 Å². The van der Waals surface area contributed by atoms with E-state index in [2.05, 4.69) is 0 Å². The molecule has 32 heavy (non-hydrogen) atoms. The predicted octanol–water partition coefficient (Wildman–Crippen LogP) is 3.92. The molecule has 3 aliphatic rings. The van der Waals surface area contributed by atoms with Crippen LogP contribution in [-0.4, -0.2) is 34.0 Å². The van der Waals surface area contributed by atoms with Crippen LogP contribution in [0.15, 0.2) is 83.2 Å². The average Bonchev–Trinajstić information content (AvgIpc) is 2.71. The summed E-state index contributed by atoms with van der Waals surface area (Å²) in [5, 5.41) is 5.31. The number of sulfonamides is 1. The number of hydrogen-bond acceptors (Lipinski definition) is 5. The van der Waals surface area contributed by atoms with Crippen molar-refractivity contribution in [1.29, 1.82) is 0 Å². The van der Waals surface area contributed by atoms with Crippen LogP contribution in [0.3, 0.4) is 0 Å². The highest BCUT2D eigenvalue weighted by Crippen LogP contribution is 2.48. The normalized spacial score (nSPS) is 26.9. The summed E-state index contributed by atoms with van der Waals surface area (Å²) in [5.74, 6) is 0.326. The molecule has 0 amide bonds. The number of fused-ring (bicyclic) bond motifs is 2. The van der Waals surface area contributed by atoms with E-state index in [-0.39, 0.29) is 11.5 Å². The maximum atomic E-state index is 13.1. The Labute approximate surface area is 185 Å². The van der Waals surface area contributed by atoms with E-state index in [0.717, 1.165) is 5.56 Å². The Morgan fingerprint density at radius 3 is 2.78 bits per heavy atom. The highest BCUT2D eigenvalue weighted by molar-refractivity contribution is 7.89. The second-order valence-electron chi connectivity index (χ2n) is 8.08. The Morgan fingerprint density at radius 2 is 2.09 bits per heavy atom. The fourth-order valence-electron chi connectivity index (χ4n) is 4.29. The molecule has 0 saturated heterocycles. The van der Waals surface area contributed by atoms with E-state index in [0.29, 0.717) is 22.5 Å². The lowest BCUT2D eigenvalue weighted by molar-refractivity contribution is -0.0966. The lowest BCUT2D eigenvalue weighted by Gasteiger charge is -2.40. The summed E-state index contributed by atoms with van der Waals surface area (Å²) in [7, 11) is -2.23. The number of allylic oxidation sites excluding steroid dienone is 5. The lowest BCUT2D eigenvalue weighted by atomic mass is 9.75. The number of methoxy groups -OCH3 is 1. The smallest absolute Gasteiger partial charge is 0.387 e. The zero-order chi connectivity index (χ0) is 23.1. The topological polar surface area (TPSA) is 87.8 Å². The van der Waals surface area contributed by atoms with Gasteiger partial charge in [-0.25, -0.2) is 13.6 Å². The van der Waals surface area contributed by atoms with Crippen LogP contribution < -0.4 is 9.88 Å². The van der Waals surface area contributed by atoms with Crippen molar-refractivity contribution in [2.75, 3.05) is 12.9 Å². The minimum absolute atomic E-state index is 0.0113. The third-order valence-electron chi connectivity index (χ3n) is 5.49. The zero-order valence-corrected chi connectivity index (χ0v) is 18.3. The molecule has 0 saturated carbocycles. The Bertz CT molecular complexity index is 1180. The maximum absolute atomic E-state index is 13.1. The first-order valence-electron chi connectivity index (χ1n) is 9.89. The minimum Gasteiger partial charge on any atom is -0.497 e. The second-order valence-corrected chi connectivity index (χ2v) is 9.70. The van der Waals surface area contributed by atoms with E-state index >= 15 is 0 Å². The molecule has 1 aromatic carbocycles. The number of nitrogens with two attached hydrogens (primary N) is 1. The molecular formula is C23H23F2NO5S. The number of primary sulfonamides is 1. The van der Waals surface area contributed by atoms with Crippen LogP contribution in [0.5, 0.6) is 5.75 Å². The van der Waals surface area contributed by atoms with E-state index in [4.69, 9.17) is 19.3 Å². The van der Waals surface area contributed by atoms with Crippen LogP contribution in [0, 0.1) is 5.41 Å². The molecule has 0 bridgehead atoms. The van der Waals surface area contributed by atoms with Crippen molar-refractivity contribution < 1.29 is 31.4 Å². The Morgan fingerprint density at radius 1 is 1.31 bits per heavy atom. The first kappa shape index (κ1) is 22.4. The standard InChI is InChI=1S/C23H23F2NO5S/c1-23(13-32(26,27)28)10-9-16-17(12-23)21(14-5-3-6-15(11-14)29-2)30-18-7-4-8-19(20(16)18)31-22(24)25/h3-12,18,21-22H,13H2,1-2H3,(H2,26,27,28). The molecule has 4 rings (SSSR count). The zero-order valence-electron chi connectivity index (χ0n) is 17.5. The monoisotopic (exact) mass is 463 g/mol. The summed E-state index contributed by atoms with van der Waals surface area (Å²) in [6.07, 6.45) is 8.85. The average molecular weight is 464 g/mol. The summed E-state index contributed by atoms with van der Waals surface area (Å²) in [5.41, 5.74) is 1.64. The van der Waals surface area contributed by atoms with Gasteiger partial charge in [-0.2, -0.15) is 8.78 Å². The van der Waals surface area contributed by atoms with Crippen molar-refractivity contribution in [3.05, 3.63) is 88.8 Å². The van der Waals surface area contributed by atoms with E-state index < -0.39 is 34.3 Å². The second kappa shape index (κ2) is 8.31. The molecule has 3 unspecified atom stereocenters. The maximum Gasteiger partial charge on any atom is 0.387 e. The third kappa shape index (κ3) is 4.55. The quantitative estimate of drug-likeness (QED) is 0.691. The molecule has 170 valence electrons. The van der Waals surface area contributed by atoms with Crippen LogP contribution in [0.1, 0.15) is 18.6 Å². The molecule has 1 aromatic rings. The number of halogens is 2. The van der Waals surface area contributed by atoms with E-state index in [9.17, 15) is 17.2 Å². The minimum atomic E-state index is -3.78. The van der Waals surface area contributed by atoms with Crippen LogP contribution in [0.2, 0.25) is 0 Å². The molecule has 0 radical (unpaired) electrons. The Balaban J connectivity index is 1.88. The number of ether oxygens (including phenoxy) is 3. The van der Waals surface area contributed by atoms with Crippen molar-refractivity contribution in [1.82, 2.24) is 0 Å². The molecule has 0 fully saturated rings. The van der Waals surface area contributed by atoms with Crippen molar-refractivity contribution in [2.24, 2.45) is 10.6 Å². The van der Waals surface area contributed by atoms with Gasteiger partial charge >= 0.3 is 6.61 Å². The van der Waals surface area contributed by atoms with Gasteiger partial charge in [0.2, 0.25) is 10.0 Å². The van der Waals surface area contributed by atoms with E-state index in [1.807, 2.05) is 18.2 Å². The van der Waals surface area contributed by atoms with E-state index in [1.165, 1.54) is 6.08 Å². The van der Waals surface area contributed by atoms with Crippen LogP contribution in [0.25, 0.3) is 0 Å². The molecule has 2 aliphatic carbocycles. The summed E-state index contributed by atoms with van der Waals surface area (Å²) in [6, 6.07) is 7.31. The molecule has 3 atom stereocenters. The number of hydrogen-bond donors (Lipinski definition) is 1. The summed E-state index contributed by atoms with van der Waals surface area (Å²) in [6.45, 7) is -1.25. The van der Waals surface area contributed by atoms with Gasteiger partial charge < -0.3 is 14.2 Å². The molecule has 2 N–H and O–H groups in total. The van der Waals surface area contributed by atoms with Gasteiger partial charge in [-0.1, -0.05) is 49.4 Å². The van der Waals surface area contributed by atoms with Crippen molar-refractivity contribution in [2.45, 2.75) is 25.7 Å². The largest absolute Gasteiger partial charge is 0.497 e. The Kier molecular flexibility index (Phi) is 5.83. The van der Waals surface area contributed by atoms with Crippen LogP contribution in [-0.2, 0) is 19.5 Å². The summed E-state index contributed by atoms with van der Waals surface area (Å²) >= 11 is 0. The number of alkyl halides is 2. The fourth-order valence-corrected chi connectivity index (χ4v) is 5.33. The highest BCUT2D eigenvalue weighted by Gasteiger charge is 2.40. The molecule has 6 nitrogen and oxygen atoms in total. The summed E-state index contributed by atoms with van der Waals surface area (Å²) in [4.78, 5) is 0. The van der Waals surface area contributed by atoms with Gasteiger partial charge in [0.05, 0.1) is 12.9 Å². The van der Waals surface area contributed by atoms with Crippen LogP contribution >= 0.6 is 0 Å². The summed E-state index contributed by atoms with van der Waals surface area (Å²) < 4.78 is 66.2.